The SMILES string of the molecule is Cl.N[C@H]1CCCCN(c2ccc(Cl)cc2)C1=O. The van der Waals surface area contributed by atoms with Gasteiger partial charge in [-0.15, -0.1) is 12.4 Å². The number of carbonyl (C=O) groups excluding carboxylic acids is 1. The second kappa shape index (κ2) is 6.24. The molecule has 2 N–H and O–H groups in total. The molecule has 0 aliphatic carbocycles. The van der Waals surface area contributed by atoms with Gasteiger partial charge in [0.15, 0.2) is 0 Å². The highest BCUT2D eigenvalue weighted by Gasteiger charge is 2.24. The van der Waals surface area contributed by atoms with E-state index in [9.17, 15) is 4.79 Å². The van der Waals surface area contributed by atoms with Gasteiger partial charge in [-0.2, -0.15) is 0 Å². The van der Waals surface area contributed by atoms with E-state index >= 15 is 0 Å². The van der Waals surface area contributed by atoms with Crippen molar-refractivity contribution in [2.75, 3.05) is 11.4 Å². The standard InChI is InChI=1S/C12H15ClN2O.ClH/c13-9-4-6-10(7-5-9)15-8-2-1-3-11(14)12(15)16;/h4-7,11H,1-3,8,14H2;1H/t11-;/m0./s1. The maximum Gasteiger partial charge on any atom is 0.243 e. The molecule has 1 saturated heterocycles. The van der Waals surface area contributed by atoms with E-state index in [1.54, 1.807) is 17.0 Å². The van der Waals surface area contributed by atoms with Crippen molar-refractivity contribution in [1.82, 2.24) is 0 Å². The number of hydrogen-bond acceptors (Lipinski definition) is 2. The molecule has 1 aliphatic rings. The largest absolute Gasteiger partial charge is 0.320 e. The average molecular weight is 275 g/mol. The van der Waals surface area contributed by atoms with Gasteiger partial charge in [-0.25, -0.2) is 0 Å². The van der Waals surface area contributed by atoms with Crippen molar-refractivity contribution in [2.24, 2.45) is 5.73 Å². The van der Waals surface area contributed by atoms with Gasteiger partial charge in [-0.1, -0.05) is 11.6 Å². The average Bonchev–Trinajstić information content (AvgIpc) is 2.44. The summed E-state index contributed by atoms with van der Waals surface area (Å²) in [5.74, 6) is 0.0137. The van der Waals surface area contributed by atoms with Crippen LogP contribution in [0.5, 0.6) is 0 Å². The van der Waals surface area contributed by atoms with Gasteiger partial charge in [-0.05, 0) is 43.5 Å². The van der Waals surface area contributed by atoms with Crippen LogP contribution in [0, 0.1) is 0 Å². The molecular formula is C12H16Cl2N2O. The van der Waals surface area contributed by atoms with Crippen molar-refractivity contribution < 1.29 is 4.79 Å². The Bertz CT molecular complexity index is 381. The van der Waals surface area contributed by atoms with Crippen LogP contribution >= 0.6 is 24.0 Å². The number of hydrogen-bond donors (Lipinski definition) is 1. The highest BCUT2D eigenvalue weighted by molar-refractivity contribution is 6.30. The molecule has 1 aromatic carbocycles. The molecule has 5 heteroatoms. The second-order valence-electron chi connectivity index (χ2n) is 4.07. The summed E-state index contributed by atoms with van der Waals surface area (Å²) in [6.45, 7) is 0.744. The molecule has 0 radical (unpaired) electrons. The summed E-state index contributed by atoms with van der Waals surface area (Å²) < 4.78 is 0. The Labute approximate surface area is 112 Å². The van der Waals surface area contributed by atoms with Gasteiger partial charge in [-0.3, -0.25) is 4.79 Å². The van der Waals surface area contributed by atoms with Crippen molar-refractivity contribution in [3.05, 3.63) is 29.3 Å². The molecule has 94 valence electrons. The summed E-state index contributed by atoms with van der Waals surface area (Å²) in [7, 11) is 0. The number of halogens is 2. The van der Waals surface area contributed by atoms with Gasteiger partial charge in [0.1, 0.15) is 0 Å². The number of amides is 1. The molecular weight excluding hydrogens is 259 g/mol. The third-order valence-electron chi connectivity index (χ3n) is 2.87. The summed E-state index contributed by atoms with van der Waals surface area (Å²) in [6, 6.07) is 6.94. The van der Waals surface area contributed by atoms with E-state index in [1.807, 2.05) is 12.1 Å². The Morgan fingerprint density at radius 3 is 2.53 bits per heavy atom. The first-order valence-electron chi connectivity index (χ1n) is 5.51. The number of nitrogens with two attached hydrogens (primary N) is 1. The van der Waals surface area contributed by atoms with Crippen molar-refractivity contribution in [3.63, 3.8) is 0 Å². The Kier molecular flexibility index (Phi) is 5.25. The fourth-order valence-corrected chi connectivity index (χ4v) is 2.07. The number of carbonyl (C=O) groups is 1. The van der Waals surface area contributed by atoms with Crippen molar-refractivity contribution in [2.45, 2.75) is 25.3 Å². The van der Waals surface area contributed by atoms with E-state index in [1.165, 1.54) is 0 Å². The first-order valence-corrected chi connectivity index (χ1v) is 5.89. The molecule has 0 aromatic heterocycles. The van der Waals surface area contributed by atoms with Crippen LogP contribution in [0.15, 0.2) is 24.3 Å². The monoisotopic (exact) mass is 274 g/mol. The zero-order valence-corrected chi connectivity index (χ0v) is 11.0. The van der Waals surface area contributed by atoms with Crippen molar-refractivity contribution >= 4 is 35.6 Å². The van der Waals surface area contributed by atoms with Crippen molar-refractivity contribution in [1.29, 1.82) is 0 Å². The van der Waals surface area contributed by atoms with Crippen LogP contribution in [-0.2, 0) is 4.79 Å². The minimum absolute atomic E-state index is 0. The highest BCUT2D eigenvalue weighted by atomic mass is 35.5. The predicted molar refractivity (Wildman–Crippen MR) is 72.9 cm³/mol. The number of benzene rings is 1. The van der Waals surface area contributed by atoms with E-state index in [4.69, 9.17) is 17.3 Å². The second-order valence-corrected chi connectivity index (χ2v) is 4.51. The van der Waals surface area contributed by atoms with E-state index in [0.29, 0.717) is 5.02 Å². The quantitative estimate of drug-likeness (QED) is 0.856. The zero-order valence-electron chi connectivity index (χ0n) is 9.43. The van der Waals surface area contributed by atoms with Crippen LogP contribution in [0.1, 0.15) is 19.3 Å². The molecule has 0 bridgehead atoms. The predicted octanol–water partition coefficient (Wildman–Crippen LogP) is 2.61. The Hall–Kier alpha value is -0.770. The summed E-state index contributed by atoms with van der Waals surface area (Å²) >= 11 is 5.82. The fraction of sp³-hybridized carbons (Fsp3) is 0.417. The van der Waals surface area contributed by atoms with E-state index in [2.05, 4.69) is 0 Å². The minimum atomic E-state index is -0.363. The summed E-state index contributed by atoms with van der Waals surface area (Å²) in [5, 5.41) is 0.676. The van der Waals surface area contributed by atoms with Crippen LogP contribution in [0.4, 0.5) is 5.69 Å². The molecule has 3 nitrogen and oxygen atoms in total. The third kappa shape index (κ3) is 3.35. The van der Waals surface area contributed by atoms with Crippen LogP contribution in [0.2, 0.25) is 5.02 Å². The van der Waals surface area contributed by atoms with Gasteiger partial charge in [0, 0.05) is 17.3 Å². The molecule has 2 rings (SSSR count). The number of rotatable bonds is 1. The van der Waals surface area contributed by atoms with E-state index in [-0.39, 0.29) is 24.4 Å². The summed E-state index contributed by atoms with van der Waals surface area (Å²) in [4.78, 5) is 13.8. The van der Waals surface area contributed by atoms with E-state index in [0.717, 1.165) is 31.5 Å². The maximum absolute atomic E-state index is 12.0. The van der Waals surface area contributed by atoms with Gasteiger partial charge in [0.2, 0.25) is 5.91 Å². The smallest absolute Gasteiger partial charge is 0.243 e. The highest BCUT2D eigenvalue weighted by Crippen LogP contribution is 2.21. The number of nitrogens with zero attached hydrogens (tertiary/aromatic N) is 1. The number of anilines is 1. The van der Waals surface area contributed by atoms with Gasteiger partial charge in [0.05, 0.1) is 6.04 Å². The maximum atomic E-state index is 12.0. The normalized spacial score (nSPS) is 20.7. The van der Waals surface area contributed by atoms with Gasteiger partial charge < -0.3 is 10.6 Å². The molecule has 1 fully saturated rings. The van der Waals surface area contributed by atoms with Gasteiger partial charge >= 0.3 is 0 Å². The molecule has 1 aromatic rings. The van der Waals surface area contributed by atoms with Gasteiger partial charge in [0.25, 0.3) is 0 Å². The summed E-state index contributed by atoms with van der Waals surface area (Å²) in [6.07, 6.45) is 2.79. The molecule has 17 heavy (non-hydrogen) atoms. The van der Waals surface area contributed by atoms with Crippen LogP contribution in [0.25, 0.3) is 0 Å². The Morgan fingerprint density at radius 2 is 1.88 bits per heavy atom. The van der Waals surface area contributed by atoms with Crippen LogP contribution in [0.3, 0.4) is 0 Å². The molecule has 1 aliphatic heterocycles. The molecule has 0 saturated carbocycles. The Balaban J connectivity index is 0.00000144. The lowest BCUT2D eigenvalue weighted by Gasteiger charge is -2.22. The molecule has 1 atom stereocenters. The molecule has 0 unspecified atom stereocenters. The third-order valence-corrected chi connectivity index (χ3v) is 3.12. The molecule has 1 heterocycles. The Morgan fingerprint density at radius 1 is 1.24 bits per heavy atom. The molecule has 0 spiro atoms. The van der Waals surface area contributed by atoms with E-state index < -0.39 is 0 Å². The van der Waals surface area contributed by atoms with Crippen LogP contribution in [-0.4, -0.2) is 18.5 Å². The zero-order chi connectivity index (χ0) is 11.5. The topological polar surface area (TPSA) is 46.3 Å². The summed E-state index contributed by atoms with van der Waals surface area (Å²) in [5.41, 5.74) is 6.70. The first kappa shape index (κ1) is 14.3. The lowest BCUT2D eigenvalue weighted by molar-refractivity contribution is -0.119. The molecule has 1 amide bonds. The lowest BCUT2D eigenvalue weighted by Crippen LogP contribution is -2.42. The first-order chi connectivity index (χ1) is 7.68. The fourth-order valence-electron chi connectivity index (χ4n) is 1.95. The van der Waals surface area contributed by atoms with Crippen LogP contribution < -0.4 is 10.6 Å². The lowest BCUT2D eigenvalue weighted by atomic mass is 10.1. The minimum Gasteiger partial charge on any atom is -0.320 e. The van der Waals surface area contributed by atoms with Crippen molar-refractivity contribution in [3.8, 4) is 0 Å².